The van der Waals surface area contributed by atoms with Crippen LogP contribution in [0, 0.1) is 5.82 Å². The van der Waals surface area contributed by atoms with Crippen molar-refractivity contribution in [3.63, 3.8) is 0 Å². The third-order valence-electron chi connectivity index (χ3n) is 3.45. The average Bonchev–Trinajstić information content (AvgIpc) is 2.47. The Balaban J connectivity index is 2.62. The molecule has 0 atom stereocenters. The van der Waals surface area contributed by atoms with Gasteiger partial charge in [-0.25, -0.2) is 9.18 Å². The highest BCUT2D eigenvalue weighted by Crippen LogP contribution is 2.24. The highest BCUT2D eigenvalue weighted by Gasteiger charge is 2.19. The molecule has 0 radical (unpaired) electrons. The van der Waals surface area contributed by atoms with Gasteiger partial charge in [-0.3, -0.25) is 9.78 Å². The van der Waals surface area contributed by atoms with Crippen LogP contribution in [0.3, 0.4) is 0 Å². The van der Waals surface area contributed by atoms with Gasteiger partial charge in [0.2, 0.25) is 5.43 Å². The van der Waals surface area contributed by atoms with Crippen molar-refractivity contribution in [2.24, 2.45) is 0 Å². The molecule has 2 aromatic heterocycles. The van der Waals surface area contributed by atoms with Crippen molar-refractivity contribution in [3.05, 3.63) is 52.2 Å². The van der Waals surface area contributed by atoms with Crippen molar-refractivity contribution in [1.29, 1.82) is 0 Å². The normalized spacial score (nSPS) is 11.1. The molecule has 0 amide bonds. The Labute approximate surface area is 118 Å². The second kappa shape index (κ2) is 4.66. The Kier molecular flexibility index (Phi) is 2.94. The quantitative estimate of drug-likeness (QED) is 0.734. The number of pyridine rings is 2. The first kappa shape index (κ1) is 13.2. The molecule has 0 saturated carbocycles. The van der Waals surface area contributed by atoms with Gasteiger partial charge < -0.3 is 9.67 Å². The molecule has 21 heavy (non-hydrogen) atoms. The lowest BCUT2D eigenvalue weighted by Gasteiger charge is -2.11. The molecular weight excluding hydrogens is 275 g/mol. The summed E-state index contributed by atoms with van der Waals surface area (Å²) in [4.78, 5) is 27.3. The molecule has 5 nitrogen and oxygen atoms in total. The highest BCUT2D eigenvalue weighted by molar-refractivity contribution is 5.99. The van der Waals surface area contributed by atoms with Crippen LogP contribution in [0.5, 0.6) is 0 Å². The predicted molar refractivity (Wildman–Crippen MR) is 76.1 cm³/mol. The largest absolute Gasteiger partial charge is 0.477 e. The number of fused-ring (bicyclic) bond motifs is 2. The van der Waals surface area contributed by atoms with Crippen LogP contribution in [-0.4, -0.2) is 20.6 Å². The van der Waals surface area contributed by atoms with E-state index >= 15 is 0 Å². The van der Waals surface area contributed by atoms with E-state index in [9.17, 15) is 14.0 Å². The SMILES string of the molecule is CCn1cc(C(=O)O)c(=O)c2c(F)c3ncccc3cc21. The van der Waals surface area contributed by atoms with Gasteiger partial charge in [-0.2, -0.15) is 0 Å². The van der Waals surface area contributed by atoms with Gasteiger partial charge in [0, 0.05) is 24.3 Å². The first-order chi connectivity index (χ1) is 10.0. The molecule has 0 unspecified atom stereocenters. The molecule has 0 aliphatic rings. The molecule has 0 aliphatic heterocycles. The maximum Gasteiger partial charge on any atom is 0.341 e. The summed E-state index contributed by atoms with van der Waals surface area (Å²) >= 11 is 0. The highest BCUT2D eigenvalue weighted by atomic mass is 19.1. The van der Waals surface area contributed by atoms with Crippen LogP contribution in [-0.2, 0) is 6.54 Å². The van der Waals surface area contributed by atoms with E-state index in [-0.39, 0.29) is 10.9 Å². The van der Waals surface area contributed by atoms with Crippen molar-refractivity contribution in [1.82, 2.24) is 9.55 Å². The van der Waals surface area contributed by atoms with Crippen LogP contribution in [0.2, 0.25) is 0 Å². The van der Waals surface area contributed by atoms with Crippen molar-refractivity contribution >= 4 is 27.8 Å². The smallest absolute Gasteiger partial charge is 0.341 e. The first-order valence-electron chi connectivity index (χ1n) is 6.38. The number of benzene rings is 1. The van der Waals surface area contributed by atoms with Gasteiger partial charge in [0.15, 0.2) is 5.82 Å². The zero-order chi connectivity index (χ0) is 15.1. The predicted octanol–water partition coefficient (Wildman–Crippen LogP) is 2.41. The minimum absolute atomic E-state index is 0.0623. The molecule has 0 saturated heterocycles. The van der Waals surface area contributed by atoms with E-state index in [4.69, 9.17) is 5.11 Å². The monoisotopic (exact) mass is 286 g/mol. The molecule has 106 valence electrons. The number of aromatic nitrogens is 2. The fourth-order valence-corrected chi connectivity index (χ4v) is 2.44. The first-order valence-corrected chi connectivity index (χ1v) is 6.38. The molecule has 1 N–H and O–H groups in total. The minimum Gasteiger partial charge on any atom is -0.477 e. The third kappa shape index (κ3) is 1.87. The molecule has 0 spiro atoms. The van der Waals surface area contributed by atoms with Gasteiger partial charge in [0.1, 0.15) is 11.1 Å². The molecule has 0 bridgehead atoms. The molecule has 3 rings (SSSR count). The zero-order valence-electron chi connectivity index (χ0n) is 11.1. The number of carboxylic acids is 1. The number of carbonyl (C=O) groups is 1. The van der Waals surface area contributed by atoms with Crippen LogP contribution < -0.4 is 5.43 Å². The van der Waals surface area contributed by atoms with Crippen molar-refractivity contribution in [3.8, 4) is 0 Å². The fraction of sp³-hybridized carbons (Fsp3) is 0.133. The number of halogens is 1. The van der Waals surface area contributed by atoms with E-state index in [0.29, 0.717) is 17.4 Å². The lowest BCUT2D eigenvalue weighted by atomic mass is 10.1. The van der Waals surface area contributed by atoms with E-state index < -0.39 is 22.8 Å². The Morgan fingerprint density at radius 1 is 1.48 bits per heavy atom. The molecular formula is C15H11FN2O3. The van der Waals surface area contributed by atoms with E-state index in [1.165, 1.54) is 12.4 Å². The van der Waals surface area contributed by atoms with Gasteiger partial charge >= 0.3 is 5.97 Å². The van der Waals surface area contributed by atoms with Crippen LogP contribution in [0.1, 0.15) is 17.3 Å². The lowest BCUT2D eigenvalue weighted by Crippen LogP contribution is -2.19. The topological polar surface area (TPSA) is 72.2 Å². The average molecular weight is 286 g/mol. The van der Waals surface area contributed by atoms with Gasteiger partial charge in [0.05, 0.1) is 10.9 Å². The van der Waals surface area contributed by atoms with Crippen molar-refractivity contribution in [2.45, 2.75) is 13.5 Å². The number of hydrogen-bond donors (Lipinski definition) is 1. The second-order valence-corrected chi connectivity index (χ2v) is 4.62. The van der Waals surface area contributed by atoms with Gasteiger partial charge in [-0.15, -0.1) is 0 Å². The number of aryl methyl sites for hydroxylation is 1. The summed E-state index contributed by atoms with van der Waals surface area (Å²) in [7, 11) is 0. The molecule has 3 aromatic rings. The summed E-state index contributed by atoms with van der Waals surface area (Å²) in [5.74, 6) is -2.15. The molecule has 2 heterocycles. The van der Waals surface area contributed by atoms with Crippen LogP contribution in [0.15, 0.2) is 35.4 Å². The van der Waals surface area contributed by atoms with Gasteiger partial charge in [-0.05, 0) is 19.1 Å². The minimum atomic E-state index is -1.37. The molecule has 6 heteroatoms. The summed E-state index contributed by atoms with van der Waals surface area (Å²) in [5, 5.41) is 9.43. The number of carboxylic acid groups (broad SMARTS) is 1. The van der Waals surface area contributed by atoms with E-state index in [1.54, 1.807) is 29.7 Å². The van der Waals surface area contributed by atoms with Crippen LogP contribution in [0.25, 0.3) is 21.8 Å². The summed E-state index contributed by atoms with van der Waals surface area (Å²) in [6.45, 7) is 2.21. The number of hydrogen-bond acceptors (Lipinski definition) is 3. The summed E-state index contributed by atoms with van der Waals surface area (Å²) in [6, 6.07) is 5.02. The maximum absolute atomic E-state index is 14.6. The van der Waals surface area contributed by atoms with Crippen molar-refractivity contribution in [2.75, 3.05) is 0 Å². The number of rotatable bonds is 2. The molecule has 0 aliphatic carbocycles. The fourth-order valence-electron chi connectivity index (χ4n) is 2.44. The van der Waals surface area contributed by atoms with Crippen molar-refractivity contribution < 1.29 is 14.3 Å². The Hall–Kier alpha value is -2.76. The van der Waals surface area contributed by atoms with Gasteiger partial charge in [-0.1, -0.05) is 6.07 Å². The van der Waals surface area contributed by atoms with Crippen LogP contribution >= 0.6 is 0 Å². The summed E-state index contributed by atoms with van der Waals surface area (Å²) < 4.78 is 16.2. The van der Waals surface area contributed by atoms with E-state index in [1.807, 2.05) is 0 Å². The number of nitrogens with zero attached hydrogens (tertiary/aromatic N) is 2. The second-order valence-electron chi connectivity index (χ2n) is 4.62. The van der Waals surface area contributed by atoms with Gasteiger partial charge in [0.25, 0.3) is 0 Å². The Bertz CT molecular complexity index is 947. The zero-order valence-corrected chi connectivity index (χ0v) is 11.1. The summed E-state index contributed by atoms with van der Waals surface area (Å²) in [6.07, 6.45) is 2.67. The van der Waals surface area contributed by atoms with Crippen LogP contribution in [0.4, 0.5) is 4.39 Å². The third-order valence-corrected chi connectivity index (χ3v) is 3.45. The maximum atomic E-state index is 14.6. The number of aromatic carboxylic acids is 1. The van der Waals surface area contributed by atoms with E-state index in [0.717, 1.165) is 0 Å². The standard InChI is InChI=1S/C15H11FN2O3/c1-2-18-7-9(15(20)21)14(19)11-10(18)6-8-4-3-5-17-13(8)12(11)16/h3-7H,2H2,1H3,(H,20,21). The molecule has 0 fully saturated rings. The lowest BCUT2D eigenvalue weighted by molar-refractivity contribution is 0.0695. The van der Waals surface area contributed by atoms with E-state index in [2.05, 4.69) is 4.98 Å². The Morgan fingerprint density at radius 3 is 2.90 bits per heavy atom. The Morgan fingerprint density at radius 2 is 2.24 bits per heavy atom. The molecule has 1 aromatic carbocycles. The summed E-state index contributed by atoms with van der Waals surface area (Å²) in [5.41, 5.74) is -0.844.